The lowest BCUT2D eigenvalue weighted by atomic mass is 9.96. The average Bonchev–Trinajstić information content (AvgIpc) is 3.53. The van der Waals surface area contributed by atoms with E-state index in [1.165, 1.54) is 31.3 Å². The van der Waals surface area contributed by atoms with E-state index >= 15 is 4.39 Å². The van der Waals surface area contributed by atoms with Crippen LogP contribution in [0.25, 0.3) is 56.1 Å². The minimum Gasteiger partial charge on any atom is -0.455 e. The Morgan fingerprint density at radius 2 is 1.64 bits per heavy atom. The Morgan fingerprint density at radius 3 is 2.36 bits per heavy atom. The van der Waals surface area contributed by atoms with Gasteiger partial charge >= 0.3 is 0 Å². The van der Waals surface area contributed by atoms with Crippen molar-refractivity contribution in [2.75, 3.05) is 26.0 Å². The molecule has 0 aliphatic heterocycles. The summed E-state index contributed by atoms with van der Waals surface area (Å²) >= 11 is 0. The molecule has 7 nitrogen and oxygen atoms in total. The molecular weight excluding hydrogens is 502 g/mol. The molecule has 1 amide bonds. The summed E-state index contributed by atoms with van der Waals surface area (Å²) in [7, 11) is 5.25. The van der Waals surface area contributed by atoms with E-state index < -0.39 is 11.6 Å². The zero-order valence-corrected chi connectivity index (χ0v) is 21.3. The predicted molar refractivity (Wildman–Crippen MR) is 146 cm³/mol. The van der Waals surface area contributed by atoms with Crippen molar-refractivity contribution < 1.29 is 22.4 Å². The molecule has 6 aromatic rings. The van der Waals surface area contributed by atoms with Gasteiger partial charge in [0.15, 0.2) is 11.2 Å². The highest BCUT2D eigenvalue weighted by molar-refractivity contribution is 6.13. The third-order valence-electron chi connectivity index (χ3n) is 6.47. The van der Waals surface area contributed by atoms with Crippen molar-refractivity contribution in [2.45, 2.75) is 0 Å². The Morgan fingerprint density at radius 1 is 0.872 bits per heavy atom. The Labute approximate surface area is 221 Å². The van der Waals surface area contributed by atoms with Gasteiger partial charge in [0.25, 0.3) is 5.91 Å². The largest absolute Gasteiger partial charge is 0.455 e. The summed E-state index contributed by atoms with van der Waals surface area (Å²) in [6, 6.07) is 17.4. The highest BCUT2D eigenvalue weighted by Crippen LogP contribution is 2.41. The first-order valence-corrected chi connectivity index (χ1v) is 12.1. The molecule has 0 unspecified atom stereocenters. The Hall–Kier alpha value is -5.05. The molecule has 0 fully saturated rings. The predicted octanol–water partition coefficient (Wildman–Crippen LogP) is 6.67. The molecule has 0 bridgehead atoms. The van der Waals surface area contributed by atoms with E-state index in [0.29, 0.717) is 55.8 Å². The Kier molecular flexibility index (Phi) is 5.83. The van der Waals surface area contributed by atoms with Gasteiger partial charge in [-0.15, -0.1) is 0 Å². The van der Waals surface area contributed by atoms with E-state index in [4.69, 9.17) is 8.83 Å². The summed E-state index contributed by atoms with van der Waals surface area (Å²) in [6.07, 6.45) is 1.61. The van der Waals surface area contributed by atoms with Crippen molar-refractivity contribution in [2.24, 2.45) is 0 Å². The van der Waals surface area contributed by atoms with Crippen LogP contribution in [0.2, 0.25) is 0 Å². The lowest BCUT2D eigenvalue weighted by molar-refractivity contribution is 0.0964. The number of aromatic nitrogens is 2. The van der Waals surface area contributed by atoms with Crippen LogP contribution < -0.4 is 10.2 Å². The lowest BCUT2D eigenvalue weighted by Crippen LogP contribution is -2.18. The van der Waals surface area contributed by atoms with Crippen LogP contribution in [-0.4, -0.2) is 37.0 Å². The minimum absolute atomic E-state index is 0.241. The number of fused-ring (bicyclic) bond motifs is 2. The third-order valence-corrected chi connectivity index (χ3v) is 6.47. The zero-order valence-electron chi connectivity index (χ0n) is 21.3. The smallest absolute Gasteiger partial charge is 0.255 e. The first kappa shape index (κ1) is 24.3. The molecule has 3 heterocycles. The van der Waals surface area contributed by atoms with Crippen LogP contribution in [0.3, 0.4) is 0 Å². The Balaban J connectivity index is 1.58. The maximum Gasteiger partial charge on any atom is 0.255 e. The number of carbonyl (C=O) groups is 1. The number of halogens is 2. The number of nitrogens with one attached hydrogen (secondary N) is 1. The van der Waals surface area contributed by atoms with Gasteiger partial charge in [0, 0.05) is 61.2 Å². The normalized spacial score (nSPS) is 11.3. The molecule has 39 heavy (non-hydrogen) atoms. The number of amides is 1. The zero-order chi connectivity index (χ0) is 27.3. The molecule has 0 aliphatic carbocycles. The number of benzene rings is 3. The van der Waals surface area contributed by atoms with Crippen LogP contribution in [-0.2, 0) is 0 Å². The number of hydrogen-bond acceptors (Lipinski definition) is 6. The maximum atomic E-state index is 15.0. The summed E-state index contributed by atoms with van der Waals surface area (Å²) in [5, 5.41) is 3.19. The number of rotatable bonds is 5. The van der Waals surface area contributed by atoms with Gasteiger partial charge in [-0.25, -0.2) is 13.8 Å². The highest BCUT2D eigenvalue weighted by Gasteiger charge is 2.24. The summed E-state index contributed by atoms with van der Waals surface area (Å²) in [5.41, 5.74) is 4.63. The van der Waals surface area contributed by atoms with E-state index in [2.05, 4.69) is 15.3 Å². The van der Waals surface area contributed by atoms with Crippen molar-refractivity contribution >= 4 is 33.8 Å². The number of oxazole rings is 1. The summed E-state index contributed by atoms with van der Waals surface area (Å²) in [6.45, 7) is 0. The molecule has 0 atom stereocenters. The molecule has 0 aliphatic rings. The second-order valence-corrected chi connectivity index (χ2v) is 9.22. The van der Waals surface area contributed by atoms with E-state index in [1.54, 1.807) is 48.7 Å². The lowest BCUT2D eigenvalue weighted by Gasteiger charge is -2.18. The van der Waals surface area contributed by atoms with Gasteiger partial charge in [-0.05, 0) is 66.2 Å². The molecule has 1 N–H and O–H groups in total. The molecule has 3 aromatic heterocycles. The van der Waals surface area contributed by atoms with Crippen molar-refractivity contribution in [3.05, 3.63) is 90.1 Å². The van der Waals surface area contributed by atoms with Crippen LogP contribution >= 0.6 is 0 Å². The molecule has 3 aromatic carbocycles. The maximum absolute atomic E-state index is 15.0. The van der Waals surface area contributed by atoms with Crippen LogP contribution in [0.4, 0.5) is 14.5 Å². The molecule has 0 saturated heterocycles. The third kappa shape index (κ3) is 4.27. The summed E-state index contributed by atoms with van der Waals surface area (Å²) in [5.74, 6) is -0.691. The Bertz CT molecular complexity index is 1840. The monoisotopic (exact) mass is 524 g/mol. The summed E-state index contributed by atoms with van der Waals surface area (Å²) in [4.78, 5) is 23.5. The minimum atomic E-state index is -0.478. The number of pyridine rings is 1. The van der Waals surface area contributed by atoms with E-state index in [9.17, 15) is 9.18 Å². The van der Waals surface area contributed by atoms with E-state index in [1.807, 2.05) is 19.0 Å². The molecule has 6 rings (SSSR count). The van der Waals surface area contributed by atoms with Crippen LogP contribution in [0.15, 0.2) is 81.8 Å². The van der Waals surface area contributed by atoms with Gasteiger partial charge in [0.05, 0.1) is 5.56 Å². The SMILES string of the molecule is CNC(=O)c1c(-c2ccc(F)cc2)oc2cc(N(C)C)c(-c3cc(F)cc(-c4nc5ncccc5o4)c3)cc12. The fourth-order valence-corrected chi connectivity index (χ4v) is 4.65. The van der Waals surface area contributed by atoms with Crippen LogP contribution in [0.5, 0.6) is 0 Å². The molecule has 194 valence electrons. The number of furan rings is 1. The first-order chi connectivity index (χ1) is 18.8. The second-order valence-electron chi connectivity index (χ2n) is 9.22. The fraction of sp³-hybridized carbons (Fsp3) is 0.100. The van der Waals surface area contributed by atoms with Gasteiger partial charge in [-0.3, -0.25) is 4.79 Å². The molecule has 0 saturated carbocycles. The van der Waals surface area contributed by atoms with Crippen molar-refractivity contribution in [1.29, 1.82) is 0 Å². The topological polar surface area (TPSA) is 84.4 Å². The first-order valence-electron chi connectivity index (χ1n) is 12.1. The summed E-state index contributed by atoms with van der Waals surface area (Å²) < 4.78 is 40.6. The molecule has 0 spiro atoms. The number of anilines is 1. The van der Waals surface area contributed by atoms with Crippen molar-refractivity contribution in [3.63, 3.8) is 0 Å². The van der Waals surface area contributed by atoms with E-state index in [0.717, 1.165) is 5.69 Å². The average molecular weight is 525 g/mol. The van der Waals surface area contributed by atoms with Gasteiger partial charge in [0.2, 0.25) is 5.89 Å². The van der Waals surface area contributed by atoms with Gasteiger partial charge in [0.1, 0.15) is 23.0 Å². The number of carbonyl (C=O) groups excluding carboxylic acids is 1. The van der Waals surface area contributed by atoms with Crippen LogP contribution in [0.1, 0.15) is 10.4 Å². The molecule has 0 radical (unpaired) electrons. The molecule has 9 heteroatoms. The highest BCUT2D eigenvalue weighted by atomic mass is 19.1. The second kappa shape index (κ2) is 9.36. The number of nitrogens with zero attached hydrogens (tertiary/aromatic N) is 3. The van der Waals surface area contributed by atoms with Crippen LogP contribution in [0, 0.1) is 11.6 Å². The van der Waals surface area contributed by atoms with Gasteiger partial charge in [-0.2, -0.15) is 4.98 Å². The quantitative estimate of drug-likeness (QED) is 0.271. The van der Waals surface area contributed by atoms with Crippen molar-refractivity contribution in [1.82, 2.24) is 15.3 Å². The number of hydrogen-bond donors (Lipinski definition) is 1. The standard InChI is InChI=1S/C30H22F2N4O3/c1-33-29(37)26-22-14-21(23(36(2)3)15-25(22)38-27(26)16-6-8-19(31)9-7-16)17-11-18(13-20(32)12-17)30-35-28-24(39-30)5-4-10-34-28/h4-15H,1-3H3,(H,33,37). The van der Waals surface area contributed by atoms with Gasteiger partial charge < -0.3 is 19.1 Å². The fourth-order valence-electron chi connectivity index (χ4n) is 4.65. The molecular formula is C30H22F2N4O3. The van der Waals surface area contributed by atoms with Crippen molar-refractivity contribution in [3.8, 4) is 33.9 Å². The van der Waals surface area contributed by atoms with E-state index in [-0.39, 0.29) is 11.8 Å². The van der Waals surface area contributed by atoms with Gasteiger partial charge in [-0.1, -0.05) is 0 Å².